The topological polar surface area (TPSA) is 47.6 Å². The van der Waals surface area contributed by atoms with Gasteiger partial charge in [-0.05, 0) is 12.1 Å². The Morgan fingerprint density at radius 1 is 1.39 bits per heavy atom. The molecule has 1 atom stereocenters. The predicted molar refractivity (Wildman–Crippen MR) is 71.1 cm³/mol. The van der Waals surface area contributed by atoms with E-state index in [0.717, 1.165) is 5.75 Å². The highest BCUT2D eigenvalue weighted by Gasteiger charge is 2.10. The summed E-state index contributed by atoms with van der Waals surface area (Å²) in [6.07, 6.45) is 0.298. The fraction of sp³-hybridized carbons (Fsp3) is 0.462. The van der Waals surface area contributed by atoms with Crippen molar-refractivity contribution in [3.8, 4) is 5.75 Å². The number of carbonyl (C=O) groups excluding carboxylic acids is 1. The maximum Gasteiger partial charge on any atom is 0.223 e. The summed E-state index contributed by atoms with van der Waals surface area (Å²) in [6.45, 7) is 0.757. The zero-order chi connectivity index (χ0) is 13.2. The van der Waals surface area contributed by atoms with E-state index in [4.69, 9.17) is 21.1 Å². The average molecular weight is 272 g/mol. The summed E-state index contributed by atoms with van der Waals surface area (Å²) in [5.41, 5.74) is 0. The van der Waals surface area contributed by atoms with E-state index in [1.165, 1.54) is 0 Å². The van der Waals surface area contributed by atoms with Crippen molar-refractivity contribution in [2.45, 2.75) is 12.5 Å². The van der Waals surface area contributed by atoms with Gasteiger partial charge in [0.25, 0.3) is 0 Å². The molecule has 0 aliphatic rings. The summed E-state index contributed by atoms with van der Waals surface area (Å²) in [5.74, 6) is 1.00. The lowest BCUT2D eigenvalue weighted by molar-refractivity contribution is -0.122. The predicted octanol–water partition coefficient (Wildman–Crippen LogP) is 1.83. The van der Waals surface area contributed by atoms with Gasteiger partial charge in [0.1, 0.15) is 5.75 Å². The molecule has 18 heavy (non-hydrogen) atoms. The number of carbonyl (C=O) groups is 1. The summed E-state index contributed by atoms with van der Waals surface area (Å²) in [5, 5.41) is 2.78. The summed E-state index contributed by atoms with van der Waals surface area (Å²) < 4.78 is 10.4. The second kappa shape index (κ2) is 8.78. The molecule has 1 N–H and O–H groups in total. The molecule has 1 rings (SSSR count). The van der Waals surface area contributed by atoms with Crippen LogP contribution in [0.5, 0.6) is 5.75 Å². The molecule has 0 fully saturated rings. The lowest BCUT2D eigenvalue weighted by Gasteiger charge is -2.15. The van der Waals surface area contributed by atoms with E-state index >= 15 is 0 Å². The van der Waals surface area contributed by atoms with E-state index in [0.29, 0.717) is 25.5 Å². The molecular formula is C13H18ClNO3. The van der Waals surface area contributed by atoms with Crippen molar-refractivity contribution in [1.82, 2.24) is 5.32 Å². The van der Waals surface area contributed by atoms with Gasteiger partial charge in [-0.1, -0.05) is 18.2 Å². The van der Waals surface area contributed by atoms with E-state index in [-0.39, 0.29) is 11.9 Å². The number of alkyl halides is 1. The van der Waals surface area contributed by atoms with Crippen LogP contribution in [0.15, 0.2) is 30.3 Å². The average Bonchev–Trinajstić information content (AvgIpc) is 2.39. The van der Waals surface area contributed by atoms with Crippen LogP contribution in [0.4, 0.5) is 0 Å². The summed E-state index contributed by atoms with van der Waals surface area (Å²) in [7, 11) is 1.57. The molecule has 1 amide bonds. The van der Waals surface area contributed by atoms with Crippen LogP contribution in [0.25, 0.3) is 0 Å². The van der Waals surface area contributed by atoms with Gasteiger partial charge in [0.2, 0.25) is 5.91 Å². The third-order valence-corrected chi connectivity index (χ3v) is 2.63. The highest BCUT2D eigenvalue weighted by Crippen LogP contribution is 2.08. The number of rotatable bonds is 8. The minimum absolute atomic E-state index is 0.0892. The van der Waals surface area contributed by atoms with Gasteiger partial charge >= 0.3 is 0 Å². The molecule has 0 bridgehead atoms. The van der Waals surface area contributed by atoms with Crippen LogP contribution in [-0.4, -0.2) is 38.2 Å². The number of nitrogens with one attached hydrogen (secondary N) is 1. The van der Waals surface area contributed by atoms with Crippen molar-refractivity contribution in [3.05, 3.63) is 30.3 Å². The molecule has 0 saturated carbocycles. The first-order chi connectivity index (χ1) is 8.76. The molecule has 1 aromatic carbocycles. The number of hydrogen-bond acceptors (Lipinski definition) is 3. The lowest BCUT2D eigenvalue weighted by atomic mass is 10.3. The van der Waals surface area contributed by atoms with Gasteiger partial charge in [-0.3, -0.25) is 4.79 Å². The summed E-state index contributed by atoms with van der Waals surface area (Å²) in [6, 6.07) is 9.24. The van der Waals surface area contributed by atoms with E-state index in [2.05, 4.69) is 5.32 Å². The Morgan fingerprint density at radius 2 is 2.11 bits per heavy atom. The van der Waals surface area contributed by atoms with Crippen molar-refractivity contribution in [2.24, 2.45) is 0 Å². The number of amides is 1. The minimum atomic E-state index is -0.152. The molecule has 4 nitrogen and oxygen atoms in total. The van der Waals surface area contributed by atoms with E-state index in [1.807, 2.05) is 30.3 Å². The molecule has 0 aliphatic heterocycles. The molecule has 1 unspecified atom stereocenters. The fourth-order valence-corrected chi connectivity index (χ4v) is 1.57. The zero-order valence-electron chi connectivity index (χ0n) is 10.4. The molecule has 0 radical (unpaired) electrons. The Labute approximate surface area is 112 Å². The van der Waals surface area contributed by atoms with Crippen LogP contribution in [0.3, 0.4) is 0 Å². The number of benzene rings is 1. The highest BCUT2D eigenvalue weighted by atomic mass is 35.5. The standard InChI is InChI=1S/C13H18ClNO3/c1-17-10-11(9-14)15-13(16)7-8-18-12-5-3-2-4-6-12/h2-6,11H,7-10H2,1H3,(H,15,16). The second-order valence-electron chi connectivity index (χ2n) is 3.79. The summed E-state index contributed by atoms with van der Waals surface area (Å²) in [4.78, 5) is 11.6. The fourth-order valence-electron chi connectivity index (χ4n) is 1.40. The van der Waals surface area contributed by atoms with Gasteiger partial charge in [0.05, 0.1) is 25.7 Å². The Hall–Kier alpha value is -1.26. The number of halogens is 1. The van der Waals surface area contributed by atoms with E-state index in [9.17, 15) is 4.79 Å². The van der Waals surface area contributed by atoms with Crippen LogP contribution in [-0.2, 0) is 9.53 Å². The smallest absolute Gasteiger partial charge is 0.223 e. The minimum Gasteiger partial charge on any atom is -0.493 e. The van der Waals surface area contributed by atoms with E-state index < -0.39 is 0 Å². The van der Waals surface area contributed by atoms with Gasteiger partial charge in [0, 0.05) is 13.0 Å². The van der Waals surface area contributed by atoms with Gasteiger partial charge in [0.15, 0.2) is 0 Å². The Bertz CT molecular complexity index is 345. The first-order valence-electron chi connectivity index (χ1n) is 5.78. The Kier molecular flexibility index (Phi) is 7.22. The monoisotopic (exact) mass is 271 g/mol. The largest absolute Gasteiger partial charge is 0.493 e. The number of hydrogen-bond donors (Lipinski definition) is 1. The van der Waals surface area contributed by atoms with Crippen LogP contribution in [0.1, 0.15) is 6.42 Å². The third-order valence-electron chi connectivity index (χ3n) is 2.26. The first kappa shape index (κ1) is 14.8. The molecule has 1 aromatic rings. The summed E-state index contributed by atoms with van der Waals surface area (Å²) >= 11 is 5.69. The maximum atomic E-state index is 11.6. The molecule has 0 spiro atoms. The number of ether oxygens (including phenoxy) is 2. The SMILES string of the molecule is COCC(CCl)NC(=O)CCOc1ccccc1. The highest BCUT2D eigenvalue weighted by molar-refractivity contribution is 6.18. The lowest BCUT2D eigenvalue weighted by Crippen LogP contribution is -2.39. The van der Waals surface area contributed by atoms with E-state index in [1.54, 1.807) is 7.11 Å². The van der Waals surface area contributed by atoms with Crippen molar-refractivity contribution < 1.29 is 14.3 Å². The van der Waals surface area contributed by atoms with Crippen LogP contribution < -0.4 is 10.1 Å². The molecule has 0 aliphatic carbocycles. The molecule has 0 heterocycles. The molecule has 5 heteroatoms. The number of methoxy groups -OCH3 is 1. The van der Waals surface area contributed by atoms with Crippen molar-refractivity contribution in [2.75, 3.05) is 26.2 Å². The van der Waals surface area contributed by atoms with Crippen LogP contribution in [0, 0.1) is 0 Å². The maximum absolute atomic E-state index is 11.6. The second-order valence-corrected chi connectivity index (χ2v) is 4.09. The first-order valence-corrected chi connectivity index (χ1v) is 6.32. The van der Waals surface area contributed by atoms with Gasteiger partial charge in [-0.2, -0.15) is 0 Å². The quantitative estimate of drug-likeness (QED) is 0.734. The Morgan fingerprint density at radius 3 is 2.72 bits per heavy atom. The van der Waals surface area contributed by atoms with Gasteiger partial charge < -0.3 is 14.8 Å². The van der Waals surface area contributed by atoms with Crippen molar-refractivity contribution in [3.63, 3.8) is 0 Å². The third kappa shape index (κ3) is 5.89. The Balaban J connectivity index is 2.20. The molecule has 0 aromatic heterocycles. The zero-order valence-corrected chi connectivity index (χ0v) is 11.2. The molecular weight excluding hydrogens is 254 g/mol. The normalized spacial score (nSPS) is 11.9. The van der Waals surface area contributed by atoms with Crippen LogP contribution in [0.2, 0.25) is 0 Å². The van der Waals surface area contributed by atoms with Crippen molar-refractivity contribution >= 4 is 17.5 Å². The molecule has 100 valence electrons. The van der Waals surface area contributed by atoms with Gasteiger partial charge in [-0.15, -0.1) is 11.6 Å². The number of para-hydroxylation sites is 1. The van der Waals surface area contributed by atoms with Crippen molar-refractivity contribution in [1.29, 1.82) is 0 Å². The molecule has 0 saturated heterocycles. The van der Waals surface area contributed by atoms with Crippen LogP contribution >= 0.6 is 11.6 Å². The van der Waals surface area contributed by atoms with Gasteiger partial charge in [-0.25, -0.2) is 0 Å².